The van der Waals surface area contributed by atoms with E-state index in [9.17, 15) is 0 Å². The standard InChI is InChI=1S/C45H28N2OS/c1-3-10-29(11-4-1)33-15-9-16-34(26-33)47(35-21-20-31-19-18-30-12-7-8-17-37(30)39(31)27-35)36-22-23-38-42(28-36)48-41-25-24-40-44(43(38)41)49-45(46-40)32-13-5-2-6-14-32/h1-28H. The Labute approximate surface area is 286 Å². The number of furan rings is 1. The highest BCUT2D eigenvalue weighted by Gasteiger charge is 2.19. The third kappa shape index (κ3) is 4.68. The van der Waals surface area contributed by atoms with E-state index < -0.39 is 0 Å². The van der Waals surface area contributed by atoms with E-state index in [-0.39, 0.29) is 0 Å². The quantitative estimate of drug-likeness (QED) is 0.175. The molecule has 2 heterocycles. The molecule has 0 aliphatic carbocycles. The molecule has 0 fully saturated rings. The first-order valence-electron chi connectivity index (χ1n) is 16.5. The van der Waals surface area contributed by atoms with Gasteiger partial charge in [-0.3, -0.25) is 0 Å². The first kappa shape index (κ1) is 27.8. The minimum Gasteiger partial charge on any atom is -0.456 e. The molecule has 0 bridgehead atoms. The number of hydrogen-bond acceptors (Lipinski definition) is 4. The maximum atomic E-state index is 6.61. The van der Waals surface area contributed by atoms with E-state index >= 15 is 0 Å². The lowest BCUT2D eigenvalue weighted by molar-refractivity contribution is 0.669. The van der Waals surface area contributed by atoms with Crippen molar-refractivity contribution in [2.24, 2.45) is 0 Å². The van der Waals surface area contributed by atoms with E-state index in [1.54, 1.807) is 11.3 Å². The summed E-state index contributed by atoms with van der Waals surface area (Å²) in [5.41, 5.74) is 9.39. The number of rotatable bonds is 5. The molecule has 0 saturated carbocycles. The summed E-state index contributed by atoms with van der Waals surface area (Å²) in [6.45, 7) is 0. The van der Waals surface area contributed by atoms with Crippen LogP contribution in [0.25, 0.3) is 75.4 Å². The van der Waals surface area contributed by atoms with E-state index in [4.69, 9.17) is 9.40 Å². The third-order valence-electron chi connectivity index (χ3n) is 9.45. The maximum absolute atomic E-state index is 6.61. The van der Waals surface area contributed by atoms with E-state index in [0.717, 1.165) is 59.8 Å². The molecule has 2 aromatic heterocycles. The van der Waals surface area contributed by atoms with Crippen molar-refractivity contribution in [2.45, 2.75) is 0 Å². The van der Waals surface area contributed by atoms with Crippen molar-refractivity contribution in [3.63, 3.8) is 0 Å². The highest BCUT2D eigenvalue weighted by Crippen LogP contribution is 2.44. The van der Waals surface area contributed by atoms with E-state index in [0.29, 0.717) is 0 Å². The van der Waals surface area contributed by atoms with Crippen molar-refractivity contribution in [3.05, 3.63) is 170 Å². The minimum atomic E-state index is 0.852. The van der Waals surface area contributed by atoms with Gasteiger partial charge in [0.1, 0.15) is 16.2 Å². The van der Waals surface area contributed by atoms with Crippen molar-refractivity contribution in [1.29, 1.82) is 0 Å². The fourth-order valence-corrected chi connectivity index (χ4v) is 8.23. The second-order valence-electron chi connectivity index (χ2n) is 12.4. The summed E-state index contributed by atoms with van der Waals surface area (Å²) in [4.78, 5) is 7.34. The lowest BCUT2D eigenvalue weighted by atomic mass is 10.0. The summed E-state index contributed by atoms with van der Waals surface area (Å²) in [5.74, 6) is 0. The van der Waals surface area contributed by atoms with E-state index in [1.165, 1.54) is 32.7 Å². The summed E-state index contributed by atoms with van der Waals surface area (Å²) in [5, 5.41) is 8.16. The summed E-state index contributed by atoms with van der Waals surface area (Å²) in [6.07, 6.45) is 0. The average molecular weight is 645 g/mol. The van der Waals surface area contributed by atoms with Crippen molar-refractivity contribution in [2.75, 3.05) is 4.90 Å². The van der Waals surface area contributed by atoms with Gasteiger partial charge in [0.05, 0.1) is 10.2 Å². The predicted molar refractivity (Wildman–Crippen MR) is 207 cm³/mol. The molecule has 0 radical (unpaired) electrons. The second-order valence-corrected chi connectivity index (χ2v) is 13.4. The fourth-order valence-electron chi connectivity index (χ4n) is 7.11. The SMILES string of the molecule is c1ccc(-c2cccc(N(c3ccc4c(c3)oc3ccc5nc(-c6ccccc6)sc5c34)c3ccc4ccc5ccccc5c4c3)c2)cc1. The number of nitrogens with zero attached hydrogens (tertiary/aromatic N) is 2. The van der Waals surface area contributed by atoms with Crippen molar-refractivity contribution < 1.29 is 4.42 Å². The first-order chi connectivity index (χ1) is 24.3. The molecule has 0 spiro atoms. The average Bonchev–Trinajstić information content (AvgIpc) is 3.77. The van der Waals surface area contributed by atoms with Gasteiger partial charge < -0.3 is 9.32 Å². The van der Waals surface area contributed by atoms with Crippen molar-refractivity contribution in [1.82, 2.24) is 4.98 Å². The molecule has 0 amide bonds. The molecule has 4 heteroatoms. The highest BCUT2D eigenvalue weighted by molar-refractivity contribution is 7.22. The van der Waals surface area contributed by atoms with Crippen LogP contribution in [0.3, 0.4) is 0 Å². The normalized spacial score (nSPS) is 11.7. The third-order valence-corrected chi connectivity index (χ3v) is 10.6. The minimum absolute atomic E-state index is 0.852. The Kier molecular flexibility index (Phi) is 6.36. The number of thiazole rings is 1. The summed E-state index contributed by atoms with van der Waals surface area (Å²) < 4.78 is 7.76. The Morgan fingerprint density at radius 3 is 1.98 bits per heavy atom. The summed E-state index contributed by atoms with van der Waals surface area (Å²) in [6, 6.07) is 60.3. The molecule has 10 rings (SSSR count). The Morgan fingerprint density at radius 2 is 1.12 bits per heavy atom. The van der Waals surface area contributed by atoms with Gasteiger partial charge in [0, 0.05) is 39.5 Å². The van der Waals surface area contributed by atoms with Gasteiger partial charge in [-0.1, -0.05) is 115 Å². The van der Waals surface area contributed by atoms with Gasteiger partial charge in [-0.15, -0.1) is 11.3 Å². The Bertz CT molecular complexity index is 2840. The predicted octanol–water partition coefficient (Wildman–Crippen LogP) is 13.3. The van der Waals surface area contributed by atoms with Crippen LogP contribution < -0.4 is 4.90 Å². The van der Waals surface area contributed by atoms with Gasteiger partial charge in [0.15, 0.2) is 0 Å². The van der Waals surface area contributed by atoms with Crippen LogP contribution in [0, 0.1) is 0 Å². The zero-order valence-corrected chi connectivity index (χ0v) is 27.2. The first-order valence-corrected chi connectivity index (χ1v) is 17.3. The number of hydrogen-bond donors (Lipinski definition) is 0. The lowest BCUT2D eigenvalue weighted by Crippen LogP contribution is -2.10. The Hall–Kier alpha value is -6.23. The molecule has 0 unspecified atom stereocenters. The van der Waals surface area contributed by atoms with Gasteiger partial charge >= 0.3 is 0 Å². The largest absolute Gasteiger partial charge is 0.456 e. The van der Waals surface area contributed by atoms with Crippen LogP contribution in [0.2, 0.25) is 0 Å². The Morgan fingerprint density at radius 1 is 0.449 bits per heavy atom. The molecule has 0 saturated heterocycles. The van der Waals surface area contributed by atoms with Crippen molar-refractivity contribution >= 4 is 82.1 Å². The smallest absolute Gasteiger partial charge is 0.137 e. The molecular formula is C45H28N2OS. The van der Waals surface area contributed by atoms with Crippen LogP contribution in [0.1, 0.15) is 0 Å². The van der Waals surface area contributed by atoms with Crippen LogP contribution in [0.15, 0.2) is 174 Å². The van der Waals surface area contributed by atoms with Gasteiger partial charge in [-0.05, 0) is 81.2 Å². The zero-order chi connectivity index (χ0) is 32.3. The van der Waals surface area contributed by atoms with Crippen LogP contribution in [-0.4, -0.2) is 4.98 Å². The molecule has 8 aromatic carbocycles. The van der Waals surface area contributed by atoms with E-state index in [2.05, 4.69) is 169 Å². The summed E-state index contributed by atoms with van der Waals surface area (Å²) >= 11 is 1.72. The molecule has 0 atom stereocenters. The molecule has 230 valence electrons. The molecule has 0 N–H and O–H groups in total. The van der Waals surface area contributed by atoms with Crippen LogP contribution in [-0.2, 0) is 0 Å². The maximum Gasteiger partial charge on any atom is 0.137 e. The highest BCUT2D eigenvalue weighted by atomic mass is 32.1. The Balaban J connectivity index is 1.17. The monoisotopic (exact) mass is 644 g/mol. The number of fused-ring (bicyclic) bond motifs is 8. The topological polar surface area (TPSA) is 29.3 Å². The van der Waals surface area contributed by atoms with Gasteiger partial charge in [-0.2, -0.15) is 0 Å². The molecular weight excluding hydrogens is 617 g/mol. The van der Waals surface area contributed by atoms with Crippen LogP contribution in [0.5, 0.6) is 0 Å². The molecule has 10 aromatic rings. The second kappa shape index (κ2) is 11.2. The molecule has 49 heavy (non-hydrogen) atoms. The molecule has 0 aliphatic rings. The van der Waals surface area contributed by atoms with Gasteiger partial charge in [0.25, 0.3) is 0 Å². The van der Waals surface area contributed by atoms with E-state index in [1.807, 2.05) is 6.07 Å². The number of anilines is 3. The molecule has 0 aliphatic heterocycles. The fraction of sp³-hybridized carbons (Fsp3) is 0. The van der Waals surface area contributed by atoms with Gasteiger partial charge in [0.2, 0.25) is 0 Å². The number of aromatic nitrogens is 1. The van der Waals surface area contributed by atoms with Crippen LogP contribution >= 0.6 is 11.3 Å². The van der Waals surface area contributed by atoms with Crippen LogP contribution in [0.4, 0.5) is 17.1 Å². The molecule has 3 nitrogen and oxygen atoms in total. The zero-order valence-electron chi connectivity index (χ0n) is 26.4. The van der Waals surface area contributed by atoms with Gasteiger partial charge in [-0.25, -0.2) is 4.98 Å². The number of benzene rings is 8. The van der Waals surface area contributed by atoms with Crippen molar-refractivity contribution in [3.8, 4) is 21.7 Å². The lowest BCUT2D eigenvalue weighted by Gasteiger charge is -2.26. The summed E-state index contributed by atoms with van der Waals surface area (Å²) in [7, 11) is 0.